The van der Waals surface area contributed by atoms with Crippen molar-refractivity contribution in [3.63, 3.8) is 0 Å². The van der Waals surface area contributed by atoms with Gasteiger partial charge in [-0.3, -0.25) is 9.59 Å². The molecule has 2 amide bonds. The van der Waals surface area contributed by atoms with Gasteiger partial charge in [0.05, 0.1) is 6.04 Å². The van der Waals surface area contributed by atoms with Gasteiger partial charge in [0.25, 0.3) is 0 Å². The zero-order valence-corrected chi connectivity index (χ0v) is 14.4. The van der Waals surface area contributed by atoms with Crippen LogP contribution < -0.4 is 16.4 Å². The van der Waals surface area contributed by atoms with Crippen molar-refractivity contribution in [3.05, 3.63) is 35.9 Å². The van der Waals surface area contributed by atoms with Crippen molar-refractivity contribution in [2.75, 3.05) is 0 Å². The Morgan fingerprint density at radius 1 is 1.14 bits per heavy atom. The largest absolute Gasteiger partial charge is 0.350 e. The number of nitrogens with one attached hydrogen (secondary N) is 2. The molecule has 0 aliphatic heterocycles. The van der Waals surface area contributed by atoms with Gasteiger partial charge in [-0.25, -0.2) is 0 Å². The summed E-state index contributed by atoms with van der Waals surface area (Å²) in [5.41, 5.74) is 6.54. The van der Waals surface area contributed by atoms with Crippen LogP contribution in [0.4, 0.5) is 0 Å². The summed E-state index contributed by atoms with van der Waals surface area (Å²) < 4.78 is 0. The smallest absolute Gasteiger partial charge is 0.242 e. The van der Waals surface area contributed by atoms with Gasteiger partial charge in [0.1, 0.15) is 6.04 Å². The first kappa shape index (κ1) is 20.4. The topological polar surface area (TPSA) is 84.2 Å². The molecule has 1 aromatic rings. The first-order valence-corrected chi connectivity index (χ1v) is 7.11. The highest BCUT2D eigenvalue weighted by molar-refractivity contribution is 5.89. The fourth-order valence-electron chi connectivity index (χ4n) is 1.82. The van der Waals surface area contributed by atoms with Gasteiger partial charge in [-0.05, 0) is 39.7 Å². The summed E-state index contributed by atoms with van der Waals surface area (Å²) in [6, 6.07) is 8.27. The SMILES string of the molecule is CC(NC(=O)C(N)Cc1ccccc1)C(=O)NC(C)(C)C.Cl. The van der Waals surface area contributed by atoms with E-state index >= 15 is 0 Å². The Kier molecular flexibility index (Phi) is 8.12. The lowest BCUT2D eigenvalue weighted by molar-refractivity contribution is -0.130. The standard InChI is InChI=1S/C16H25N3O2.ClH/c1-11(14(20)19-16(2,3)4)18-15(21)13(17)10-12-8-6-5-7-9-12;/h5-9,11,13H,10,17H2,1-4H3,(H,18,21)(H,19,20);1H. The van der Waals surface area contributed by atoms with E-state index in [-0.39, 0.29) is 29.8 Å². The van der Waals surface area contributed by atoms with Crippen molar-refractivity contribution in [3.8, 4) is 0 Å². The molecule has 2 unspecified atom stereocenters. The van der Waals surface area contributed by atoms with Crippen LogP contribution >= 0.6 is 12.4 Å². The van der Waals surface area contributed by atoms with Crippen molar-refractivity contribution in [2.45, 2.75) is 51.7 Å². The molecule has 0 bridgehead atoms. The average molecular weight is 328 g/mol. The summed E-state index contributed by atoms with van der Waals surface area (Å²) >= 11 is 0. The maximum Gasteiger partial charge on any atom is 0.242 e. The van der Waals surface area contributed by atoms with Gasteiger partial charge in [0.2, 0.25) is 11.8 Å². The van der Waals surface area contributed by atoms with Crippen LogP contribution in [-0.4, -0.2) is 29.4 Å². The lowest BCUT2D eigenvalue weighted by atomic mass is 10.1. The maximum atomic E-state index is 12.0. The number of halogens is 1. The molecule has 0 fully saturated rings. The van der Waals surface area contributed by atoms with Gasteiger partial charge >= 0.3 is 0 Å². The Morgan fingerprint density at radius 2 is 1.68 bits per heavy atom. The van der Waals surface area contributed by atoms with Gasteiger partial charge < -0.3 is 16.4 Å². The number of hydrogen-bond acceptors (Lipinski definition) is 3. The van der Waals surface area contributed by atoms with E-state index in [1.165, 1.54) is 0 Å². The number of nitrogens with two attached hydrogens (primary N) is 1. The van der Waals surface area contributed by atoms with Crippen molar-refractivity contribution >= 4 is 24.2 Å². The predicted molar refractivity (Wildman–Crippen MR) is 90.9 cm³/mol. The van der Waals surface area contributed by atoms with E-state index in [2.05, 4.69) is 10.6 Å². The van der Waals surface area contributed by atoms with Crippen molar-refractivity contribution in [1.29, 1.82) is 0 Å². The Labute approximate surface area is 138 Å². The second-order valence-corrected chi connectivity index (χ2v) is 6.27. The van der Waals surface area contributed by atoms with E-state index in [4.69, 9.17) is 5.73 Å². The molecule has 22 heavy (non-hydrogen) atoms. The minimum Gasteiger partial charge on any atom is -0.350 e. The van der Waals surface area contributed by atoms with E-state index < -0.39 is 12.1 Å². The molecule has 1 aromatic carbocycles. The minimum absolute atomic E-state index is 0. The lowest BCUT2D eigenvalue weighted by Gasteiger charge is -2.24. The molecular formula is C16H26ClN3O2. The van der Waals surface area contributed by atoms with Gasteiger partial charge in [-0.15, -0.1) is 12.4 Å². The maximum absolute atomic E-state index is 12.0. The van der Waals surface area contributed by atoms with Crippen molar-refractivity contribution in [2.24, 2.45) is 5.73 Å². The fraction of sp³-hybridized carbons (Fsp3) is 0.500. The zero-order chi connectivity index (χ0) is 16.0. The van der Waals surface area contributed by atoms with Crippen LogP contribution in [0.5, 0.6) is 0 Å². The van der Waals surface area contributed by atoms with Crippen LogP contribution in [0, 0.1) is 0 Å². The third-order valence-electron chi connectivity index (χ3n) is 2.89. The molecule has 1 rings (SSSR count). The molecule has 124 valence electrons. The van der Waals surface area contributed by atoms with Crippen LogP contribution in [0.2, 0.25) is 0 Å². The third-order valence-corrected chi connectivity index (χ3v) is 2.89. The number of carbonyl (C=O) groups is 2. The Balaban J connectivity index is 0.00000441. The first-order valence-electron chi connectivity index (χ1n) is 7.11. The number of hydrogen-bond donors (Lipinski definition) is 3. The lowest BCUT2D eigenvalue weighted by Crippen LogP contribution is -2.54. The normalized spacial score (nSPS) is 13.5. The first-order chi connectivity index (χ1) is 9.69. The number of benzene rings is 1. The van der Waals surface area contributed by atoms with E-state index in [0.29, 0.717) is 6.42 Å². The fourth-order valence-corrected chi connectivity index (χ4v) is 1.82. The Hall–Kier alpha value is -1.59. The monoisotopic (exact) mass is 327 g/mol. The van der Waals surface area contributed by atoms with Crippen LogP contribution in [-0.2, 0) is 16.0 Å². The van der Waals surface area contributed by atoms with Crippen LogP contribution in [0.25, 0.3) is 0 Å². The highest BCUT2D eigenvalue weighted by atomic mass is 35.5. The highest BCUT2D eigenvalue weighted by Gasteiger charge is 2.23. The number of amides is 2. The molecule has 0 saturated heterocycles. The molecule has 6 heteroatoms. The van der Waals surface area contributed by atoms with Gasteiger partial charge in [0, 0.05) is 5.54 Å². The van der Waals surface area contributed by atoms with Crippen LogP contribution in [0.1, 0.15) is 33.3 Å². The van der Waals surface area contributed by atoms with Crippen LogP contribution in [0.15, 0.2) is 30.3 Å². The molecule has 5 nitrogen and oxygen atoms in total. The predicted octanol–water partition coefficient (Wildman–Crippen LogP) is 1.40. The van der Waals surface area contributed by atoms with Crippen LogP contribution in [0.3, 0.4) is 0 Å². The molecule has 0 aliphatic rings. The third kappa shape index (κ3) is 7.43. The number of rotatable bonds is 5. The van der Waals surface area contributed by atoms with Gasteiger partial charge in [-0.1, -0.05) is 30.3 Å². The molecule has 2 atom stereocenters. The zero-order valence-electron chi connectivity index (χ0n) is 13.6. The molecule has 0 heterocycles. The molecule has 4 N–H and O–H groups in total. The Morgan fingerprint density at radius 3 is 2.18 bits per heavy atom. The molecule has 0 spiro atoms. The molecule has 0 radical (unpaired) electrons. The van der Waals surface area contributed by atoms with E-state index in [0.717, 1.165) is 5.56 Å². The molecule has 0 saturated carbocycles. The summed E-state index contributed by atoms with van der Waals surface area (Å²) in [6.07, 6.45) is 0.445. The summed E-state index contributed by atoms with van der Waals surface area (Å²) in [4.78, 5) is 23.9. The van der Waals surface area contributed by atoms with E-state index in [1.54, 1.807) is 6.92 Å². The van der Waals surface area contributed by atoms with Gasteiger partial charge in [-0.2, -0.15) is 0 Å². The summed E-state index contributed by atoms with van der Waals surface area (Å²) in [5, 5.41) is 5.46. The van der Waals surface area contributed by atoms with Crippen molar-refractivity contribution < 1.29 is 9.59 Å². The van der Waals surface area contributed by atoms with E-state index in [9.17, 15) is 9.59 Å². The van der Waals surface area contributed by atoms with Crippen molar-refractivity contribution in [1.82, 2.24) is 10.6 Å². The quantitative estimate of drug-likeness (QED) is 0.764. The second kappa shape index (κ2) is 8.76. The second-order valence-electron chi connectivity index (χ2n) is 6.27. The van der Waals surface area contributed by atoms with E-state index in [1.807, 2.05) is 51.1 Å². The molecule has 0 aliphatic carbocycles. The summed E-state index contributed by atoms with van der Waals surface area (Å²) in [5.74, 6) is -0.543. The average Bonchev–Trinajstić information content (AvgIpc) is 2.37. The molecular weight excluding hydrogens is 302 g/mol. The molecule has 0 aromatic heterocycles. The Bertz CT molecular complexity index is 486. The summed E-state index contributed by atoms with van der Waals surface area (Å²) in [6.45, 7) is 7.32. The van der Waals surface area contributed by atoms with Gasteiger partial charge in [0.15, 0.2) is 0 Å². The number of carbonyl (C=O) groups excluding carboxylic acids is 2. The highest BCUT2D eigenvalue weighted by Crippen LogP contribution is 2.03. The summed E-state index contributed by atoms with van der Waals surface area (Å²) in [7, 11) is 0. The minimum atomic E-state index is -0.669.